The van der Waals surface area contributed by atoms with Crippen molar-refractivity contribution in [3.05, 3.63) is 59.7 Å². The molecule has 6 rings (SSSR count). The molecule has 1 saturated heterocycles. The van der Waals surface area contributed by atoms with Gasteiger partial charge in [0.1, 0.15) is 24.2 Å². The van der Waals surface area contributed by atoms with Crippen LogP contribution in [-0.4, -0.2) is 96.5 Å². The van der Waals surface area contributed by atoms with Gasteiger partial charge in [0.15, 0.2) is 6.17 Å². The third-order valence-corrected chi connectivity index (χ3v) is 13.3. The number of amides is 5. The number of hydrogen-bond acceptors (Lipinski definition) is 11. The van der Waals surface area contributed by atoms with Crippen molar-refractivity contribution >= 4 is 36.7 Å². The first-order valence-corrected chi connectivity index (χ1v) is 22.2. The van der Waals surface area contributed by atoms with Gasteiger partial charge in [-0.15, -0.1) is 0 Å². The fraction of sp³-hybridized carbons (Fsp3) is 0.622. The van der Waals surface area contributed by atoms with Crippen LogP contribution in [0.2, 0.25) is 0 Å². The Balaban J connectivity index is 1.15. The van der Waals surface area contributed by atoms with Crippen LogP contribution in [0.5, 0.6) is 0 Å². The maximum absolute atomic E-state index is 13.7. The fourth-order valence-electron chi connectivity index (χ4n) is 9.18. The van der Waals surface area contributed by atoms with Crippen molar-refractivity contribution in [3.63, 3.8) is 0 Å². The lowest BCUT2D eigenvalue weighted by Gasteiger charge is -2.64. The number of aryl methyl sites for hydroxylation is 1. The molecule has 340 valence electrons. The van der Waals surface area contributed by atoms with Crippen LogP contribution in [0.25, 0.3) is 11.1 Å². The van der Waals surface area contributed by atoms with Gasteiger partial charge in [0.05, 0.1) is 17.8 Å². The first kappa shape index (κ1) is 48.6. The van der Waals surface area contributed by atoms with E-state index in [1.54, 1.807) is 26.0 Å². The van der Waals surface area contributed by atoms with Gasteiger partial charge in [-0.05, 0) is 117 Å². The van der Waals surface area contributed by atoms with Crippen LogP contribution in [-0.2, 0) is 34.9 Å². The van der Waals surface area contributed by atoms with E-state index in [-0.39, 0.29) is 17.9 Å². The van der Waals surface area contributed by atoms with Gasteiger partial charge in [0.25, 0.3) is 11.8 Å². The Bertz CT molecular complexity index is 1880. The number of aliphatic hydroxyl groups is 1. The van der Waals surface area contributed by atoms with Crippen molar-refractivity contribution in [1.29, 1.82) is 0 Å². The summed E-state index contributed by atoms with van der Waals surface area (Å²) in [5.74, 6) is -3.28. The topological polar surface area (TPSA) is 262 Å². The maximum atomic E-state index is 13.7. The molecule has 3 saturated carbocycles. The van der Waals surface area contributed by atoms with Gasteiger partial charge in [0.2, 0.25) is 17.7 Å². The molecule has 4 fully saturated rings. The van der Waals surface area contributed by atoms with Crippen LogP contribution in [0.3, 0.4) is 0 Å². The van der Waals surface area contributed by atoms with E-state index in [2.05, 4.69) is 71.6 Å². The molecular weight excluding hydrogens is 791 g/mol. The van der Waals surface area contributed by atoms with Crippen molar-refractivity contribution in [2.75, 3.05) is 6.54 Å². The fourth-order valence-corrected chi connectivity index (χ4v) is 9.18. The van der Waals surface area contributed by atoms with Crippen LogP contribution in [0.1, 0.15) is 109 Å². The molecule has 16 nitrogen and oxygen atoms in total. The molecule has 1 aliphatic heterocycles. The van der Waals surface area contributed by atoms with E-state index < -0.39 is 84.6 Å². The molecule has 12 N–H and O–H groups in total. The molecule has 0 spiro atoms. The third kappa shape index (κ3) is 11.2. The molecule has 4 aliphatic rings. The molecule has 1 unspecified atom stereocenters. The Labute approximate surface area is 366 Å². The predicted octanol–water partition coefficient (Wildman–Crippen LogP) is 2.00. The van der Waals surface area contributed by atoms with Crippen molar-refractivity contribution in [2.45, 2.75) is 148 Å². The summed E-state index contributed by atoms with van der Waals surface area (Å²) in [6.07, 6.45) is 3.21. The number of carbonyl (C=O) groups is 5. The SMILES string of the molecule is CCCCc1ccc(-c2ccc(C(=O)N[C@@H](CCCCN)C(=O)N[C@H](C(=O)N[C@@H](N)C(=O)N[C@H](C(=O)N[C@@H](N)B3OC4C[C@@H]5C[C@@H](C5(C)C)[C@]4(C)O3)C(C)C)[C@@H](C)O)cc2)cc1. The second-order valence-corrected chi connectivity index (χ2v) is 18.5. The van der Waals surface area contributed by atoms with Crippen LogP contribution in [0, 0.1) is 23.2 Å². The summed E-state index contributed by atoms with van der Waals surface area (Å²) in [5.41, 5.74) is 21.3. The average molecular weight is 861 g/mol. The number of unbranched alkanes of at least 4 members (excludes halogenated alkanes) is 2. The van der Waals surface area contributed by atoms with Crippen LogP contribution in [0.15, 0.2) is 48.5 Å². The molecule has 0 radical (unpaired) electrons. The van der Waals surface area contributed by atoms with E-state index in [9.17, 15) is 29.1 Å². The normalized spacial score (nSPS) is 24.0. The summed E-state index contributed by atoms with van der Waals surface area (Å²) in [6, 6.07) is 10.6. The predicted molar refractivity (Wildman–Crippen MR) is 237 cm³/mol. The summed E-state index contributed by atoms with van der Waals surface area (Å²) in [4.78, 5) is 67.3. The highest BCUT2D eigenvalue weighted by molar-refractivity contribution is 6.47. The standard InChI is InChI=1S/C45H69BN8O8/c1-8-9-12-27-14-16-28(17-15-27)29-18-20-30(21-19-29)38(56)50-32(13-10-11-22-47)39(57)52-36(26(4)55)41(59)53-37(48)42(60)51-35(25(2)3)40(58)54-43(49)46-61-34-24-31-23-33(44(31,5)6)45(34,7)62-46/h14-21,25-26,31-37,43,55H,8-13,22-24,47-49H2,1-7H3,(H,50,56)(H,51,60)(H,52,57)(H,53,59)(H,54,58)/t26-,31+,32+,33+,34?,35+,36+,37-,43-,45+/m1/s1. The minimum atomic E-state index is -1.68. The van der Waals surface area contributed by atoms with Gasteiger partial charge >= 0.3 is 7.12 Å². The van der Waals surface area contributed by atoms with Crippen molar-refractivity contribution in [1.82, 2.24) is 26.6 Å². The highest BCUT2D eigenvalue weighted by Crippen LogP contribution is 2.65. The summed E-state index contributed by atoms with van der Waals surface area (Å²) < 4.78 is 12.6. The van der Waals surface area contributed by atoms with Gasteiger partial charge < -0.3 is 58.2 Å². The van der Waals surface area contributed by atoms with Gasteiger partial charge in [0, 0.05) is 5.56 Å². The largest absolute Gasteiger partial charge is 0.497 e. The molecule has 2 aromatic carbocycles. The molecule has 2 bridgehead atoms. The summed E-state index contributed by atoms with van der Waals surface area (Å²) in [7, 11) is -0.884. The van der Waals surface area contributed by atoms with Crippen LogP contribution < -0.4 is 43.8 Å². The molecule has 17 heteroatoms. The second kappa shape index (κ2) is 20.9. The van der Waals surface area contributed by atoms with Gasteiger partial charge in [-0.1, -0.05) is 77.4 Å². The monoisotopic (exact) mass is 861 g/mol. The number of carbonyl (C=O) groups excluding carboxylic acids is 5. The molecule has 3 aliphatic carbocycles. The molecule has 62 heavy (non-hydrogen) atoms. The molecule has 0 aromatic heterocycles. The molecule has 1 heterocycles. The molecule has 10 atom stereocenters. The smallest absolute Gasteiger partial charge is 0.403 e. The zero-order valence-electron chi connectivity index (χ0n) is 37.4. The van der Waals surface area contributed by atoms with Crippen molar-refractivity contribution in [3.8, 4) is 11.1 Å². The lowest BCUT2D eigenvalue weighted by molar-refractivity contribution is -0.199. The van der Waals surface area contributed by atoms with E-state index in [4.69, 9.17) is 26.5 Å². The highest BCUT2D eigenvalue weighted by atomic mass is 16.7. The number of nitrogens with one attached hydrogen (secondary N) is 5. The first-order valence-electron chi connectivity index (χ1n) is 22.2. The van der Waals surface area contributed by atoms with E-state index in [0.717, 1.165) is 43.2 Å². The number of benzene rings is 2. The Morgan fingerprint density at radius 2 is 1.40 bits per heavy atom. The van der Waals surface area contributed by atoms with E-state index >= 15 is 0 Å². The van der Waals surface area contributed by atoms with Crippen LogP contribution >= 0.6 is 0 Å². The number of hydrogen-bond donors (Lipinski definition) is 9. The average Bonchev–Trinajstić information content (AvgIpc) is 3.61. The Morgan fingerprint density at radius 3 is 1.98 bits per heavy atom. The zero-order chi connectivity index (χ0) is 45.5. The molecule has 2 aromatic rings. The maximum Gasteiger partial charge on any atom is 0.497 e. The minimum absolute atomic E-state index is 0.124. The van der Waals surface area contributed by atoms with E-state index in [0.29, 0.717) is 36.8 Å². The molecule has 5 amide bonds. The van der Waals surface area contributed by atoms with Crippen molar-refractivity contribution < 1.29 is 38.4 Å². The number of nitrogens with two attached hydrogens (primary N) is 3. The van der Waals surface area contributed by atoms with Gasteiger partial charge in [-0.25, -0.2) is 0 Å². The Kier molecular flexibility index (Phi) is 16.4. The number of rotatable bonds is 21. The number of aliphatic hydroxyl groups excluding tert-OH is 1. The minimum Gasteiger partial charge on any atom is -0.403 e. The van der Waals surface area contributed by atoms with E-state index in [1.165, 1.54) is 12.5 Å². The first-order chi connectivity index (χ1) is 29.3. The quantitative estimate of drug-likeness (QED) is 0.0498. The lowest BCUT2D eigenvalue weighted by atomic mass is 9.43. The van der Waals surface area contributed by atoms with Gasteiger partial charge in [-0.3, -0.25) is 24.0 Å². The summed E-state index contributed by atoms with van der Waals surface area (Å²) in [5, 5.41) is 23.5. The summed E-state index contributed by atoms with van der Waals surface area (Å²) >= 11 is 0. The summed E-state index contributed by atoms with van der Waals surface area (Å²) in [6.45, 7) is 13.8. The third-order valence-electron chi connectivity index (χ3n) is 13.3. The van der Waals surface area contributed by atoms with Crippen LogP contribution in [0.4, 0.5) is 0 Å². The Hall–Kier alpha value is -4.39. The van der Waals surface area contributed by atoms with Gasteiger partial charge in [-0.2, -0.15) is 0 Å². The molecular formula is C45H69BN8O8. The lowest BCUT2D eigenvalue weighted by Crippen LogP contribution is -2.65. The van der Waals surface area contributed by atoms with Crippen molar-refractivity contribution in [2.24, 2.45) is 40.4 Å². The van der Waals surface area contributed by atoms with E-state index in [1.807, 2.05) is 19.1 Å². The second-order valence-electron chi connectivity index (χ2n) is 18.5. The highest BCUT2D eigenvalue weighted by Gasteiger charge is 2.68. The zero-order valence-corrected chi connectivity index (χ0v) is 37.4. The Morgan fingerprint density at radius 1 is 0.790 bits per heavy atom.